The first-order valence-corrected chi connectivity index (χ1v) is 10.4. The summed E-state index contributed by atoms with van der Waals surface area (Å²) in [5.41, 5.74) is 1.14. The number of nitrogens with zero attached hydrogens (tertiary/aromatic N) is 1. The smallest absolute Gasteiger partial charge is 0.271 e. The van der Waals surface area contributed by atoms with Crippen molar-refractivity contribution in [2.45, 2.75) is 34.6 Å². The topological polar surface area (TPSA) is 106 Å². The van der Waals surface area contributed by atoms with Crippen molar-refractivity contribution >= 4 is 40.5 Å². The predicted octanol–water partition coefficient (Wildman–Crippen LogP) is 7.48. The van der Waals surface area contributed by atoms with Gasteiger partial charge >= 0.3 is 0 Å². The van der Waals surface area contributed by atoms with E-state index in [0.717, 1.165) is 11.6 Å². The highest BCUT2D eigenvalue weighted by molar-refractivity contribution is 6.35. The van der Waals surface area contributed by atoms with E-state index in [1.165, 1.54) is 30.5 Å². The lowest BCUT2D eigenvalue weighted by Gasteiger charge is -2.11. The fourth-order valence-corrected chi connectivity index (χ4v) is 2.95. The number of halogens is 2. The summed E-state index contributed by atoms with van der Waals surface area (Å²) >= 11 is 12.2. The van der Waals surface area contributed by atoms with Crippen molar-refractivity contribution in [2.24, 2.45) is 0 Å². The molecule has 0 aliphatic heterocycles. The summed E-state index contributed by atoms with van der Waals surface area (Å²) in [6, 6.07) is 8.02. The largest absolute Gasteiger partial charge is 0.507 e. The number of nitro groups is 1. The standard InChI is InChI=1S/C18H12Cl2N2O5.2C2H6/c1-9-4-5-27-17(9)11-8-16(23)12(7-13(11)19)18(24)21-15-3-2-10(22(25)26)6-14(15)20;2*1-2/h2-8,23H,1H3,(H,21,24);2*1-2H3. The summed E-state index contributed by atoms with van der Waals surface area (Å²) in [6.07, 6.45) is 1.50. The third kappa shape index (κ3) is 6.23. The number of nitrogens with one attached hydrogen (secondary N) is 1. The molecule has 0 aliphatic carbocycles. The molecular weight excluding hydrogens is 443 g/mol. The van der Waals surface area contributed by atoms with Crippen LogP contribution in [0.2, 0.25) is 10.0 Å². The average molecular weight is 467 g/mol. The third-order valence-corrected chi connectivity index (χ3v) is 4.47. The zero-order valence-electron chi connectivity index (χ0n) is 17.8. The summed E-state index contributed by atoms with van der Waals surface area (Å²) in [4.78, 5) is 22.6. The van der Waals surface area contributed by atoms with Gasteiger partial charge in [-0.2, -0.15) is 0 Å². The van der Waals surface area contributed by atoms with Crippen LogP contribution >= 0.6 is 23.2 Å². The number of phenols is 1. The molecular formula is C22H24Cl2N2O5. The molecule has 2 aromatic carbocycles. The molecule has 7 nitrogen and oxygen atoms in total. The number of non-ortho nitro benzene ring substituents is 1. The van der Waals surface area contributed by atoms with Crippen LogP contribution in [-0.2, 0) is 0 Å². The Hall–Kier alpha value is -3.03. The minimum absolute atomic E-state index is 0.00836. The lowest BCUT2D eigenvalue weighted by molar-refractivity contribution is -0.384. The van der Waals surface area contributed by atoms with Gasteiger partial charge in [-0.1, -0.05) is 50.9 Å². The van der Waals surface area contributed by atoms with E-state index in [-0.39, 0.29) is 32.7 Å². The van der Waals surface area contributed by atoms with Crippen LogP contribution < -0.4 is 5.32 Å². The van der Waals surface area contributed by atoms with Crippen LogP contribution in [0.15, 0.2) is 47.1 Å². The van der Waals surface area contributed by atoms with E-state index in [1.807, 2.05) is 34.6 Å². The number of aryl methyl sites for hydroxylation is 1. The highest BCUT2D eigenvalue weighted by Gasteiger charge is 2.19. The van der Waals surface area contributed by atoms with Gasteiger partial charge in [0.25, 0.3) is 11.6 Å². The summed E-state index contributed by atoms with van der Waals surface area (Å²) < 4.78 is 5.36. The van der Waals surface area contributed by atoms with Gasteiger partial charge in [0, 0.05) is 17.7 Å². The van der Waals surface area contributed by atoms with Crippen LogP contribution in [-0.4, -0.2) is 15.9 Å². The first-order chi connectivity index (χ1) is 14.8. The Kier molecular flexibility index (Phi) is 10.0. The van der Waals surface area contributed by atoms with Gasteiger partial charge < -0.3 is 14.8 Å². The second-order valence-corrected chi connectivity index (χ2v) is 6.47. The first kappa shape index (κ1) is 26.0. The lowest BCUT2D eigenvalue weighted by atomic mass is 10.1. The molecule has 0 saturated heterocycles. The number of carbonyl (C=O) groups is 1. The number of benzene rings is 2. The Morgan fingerprint density at radius 2 is 1.71 bits per heavy atom. The highest BCUT2D eigenvalue weighted by atomic mass is 35.5. The average Bonchev–Trinajstić information content (AvgIpc) is 3.19. The zero-order valence-corrected chi connectivity index (χ0v) is 19.3. The van der Waals surface area contributed by atoms with E-state index in [0.29, 0.717) is 11.3 Å². The van der Waals surface area contributed by atoms with E-state index in [1.54, 1.807) is 6.07 Å². The SMILES string of the molecule is CC.CC.Cc1ccoc1-c1cc(O)c(C(=O)Nc2ccc([N+](=O)[O-])cc2Cl)cc1Cl. The predicted molar refractivity (Wildman–Crippen MR) is 124 cm³/mol. The van der Waals surface area contributed by atoms with Crippen LogP contribution in [0.3, 0.4) is 0 Å². The molecule has 1 aromatic heterocycles. The molecule has 0 aliphatic rings. The molecule has 9 heteroatoms. The van der Waals surface area contributed by atoms with Crippen molar-refractivity contribution in [1.82, 2.24) is 0 Å². The van der Waals surface area contributed by atoms with Crippen molar-refractivity contribution in [1.29, 1.82) is 0 Å². The summed E-state index contributed by atoms with van der Waals surface area (Å²) in [5, 5.41) is 23.7. The maximum absolute atomic E-state index is 12.5. The minimum Gasteiger partial charge on any atom is -0.507 e. The van der Waals surface area contributed by atoms with Gasteiger partial charge in [0.1, 0.15) is 11.5 Å². The van der Waals surface area contributed by atoms with Gasteiger partial charge in [-0.05, 0) is 36.8 Å². The molecule has 31 heavy (non-hydrogen) atoms. The Labute approximate surface area is 190 Å². The highest BCUT2D eigenvalue weighted by Crippen LogP contribution is 2.36. The summed E-state index contributed by atoms with van der Waals surface area (Å²) in [5.74, 6) is -0.491. The number of aromatic hydroxyl groups is 1. The maximum Gasteiger partial charge on any atom is 0.271 e. The minimum atomic E-state index is -0.673. The van der Waals surface area contributed by atoms with E-state index < -0.39 is 10.8 Å². The number of furan rings is 1. The summed E-state index contributed by atoms with van der Waals surface area (Å²) in [6.45, 7) is 9.82. The van der Waals surface area contributed by atoms with Crippen LogP contribution in [0.25, 0.3) is 11.3 Å². The normalized spacial score (nSPS) is 9.65. The number of amides is 1. The molecule has 1 amide bonds. The van der Waals surface area contributed by atoms with E-state index in [2.05, 4.69) is 5.32 Å². The second kappa shape index (κ2) is 12.0. The van der Waals surface area contributed by atoms with Crippen molar-refractivity contribution in [3.05, 3.63) is 73.9 Å². The molecule has 0 fully saturated rings. The second-order valence-electron chi connectivity index (χ2n) is 5.66. The Morgan fingerprint density at radius 1 is 1.06 bits per heavy atom. The van der Waals surface area contributed by atoms with Gasteiger partial charge in [0.2, 0.25) is 0 Å². The van der Waals surface area contributed by atoms with Crippen molar-refractivity contribution < 1.29 is 19.2 Å². The molecule has 1 heterocycles. The molecule has 0 radical (unpaired) electrons. The van der Waals surface area contributed by atoms with E-state index in [4.69, 9.17) is 27.6 Å². The fraction of sp³-hybridized carbons (Fsp3) is 0.227. The Balaban J connectivity index is 0.00000113. The van der Waals surface area contributed by atoms with Crippen LogP contribution in [0.1, 0.15) is 43.6 Å². The van der Waals surface area contributed by atoms with Gasteiger partial charge in [-0.15, -0.1) is 0 Å². The van der Waals surface area contributed by atoms with Gasteiger partial charge in [0.05, 0.1) is 32.5 Å². The van der Waals surface area contributed by atoms with E-state index >= 15 is 0 Å². The first-order valence-electron chi connectivity index (χ1n) is 9.60. The number of carbonyl (C=O) groups excluding carboxylic acids is 1. The number of hydrogen-bond acceptors (Lipinski definition) is 5. The number of hydrogen-bond donors (Lipinski definition) is 2. The fourth-order valence-electron chi connectivity index (χ4n) is 2.47. The molecule has 3 rings (SSSR count). The van der Waals surface area contributed by atoms with Crippen LogP contribution in [0.5, 0.6) is 5.75 Å². The summed E-state index contributed by atoms with van der Waals surface area (Å²) in [7, 11) is 0. The Morgan fingerprint density at radius 3 is 2.23 bits per heavy atom. The number of rotatable bonds is 4. The van der Waals surface area contributed by atoms with Gasteiger partial charge in [-0.25, -0.2) is 0 Å². The third-order valence-electron chi connectivity index (χ3n) is 3.85. The van der Waals surface area contributed by atoms with Gasteiger partial charge in [-0.3, -0.25) is 14.9 Å². The molecule has 0 unspecified atom stereocenters. The van der Waals surface area contributed by atoms with Crippen LogP contribution in [0, 0.1) is 17.0 Å². The maximum atomic E-state index is 12.5. The van der Waals surface area contributed by atoms with Crippen molar-refractivity contribution in [2.75, 3.05) is 5.32 Å². The number of anilines is 1. The molecule has 166 valence electrons. The molecule has 0 atom stereocenters. The van der Waals surface area contributed by atoms with Crippen LogP contribution in [0.4, 0.5) is 11.4 Å². The quantitative estimate of drug-likeness (QED) is 0.306. The van der Waals surface area contributed by atoms with Crippen molar-refractivity contribution in [3.8, 4) is 17.1 Å². The van der Waals surface area contributed by atoms with Gasteiger partial charge in [0.15, 0.2) is 0 Å². The number of phenolic OH excluding ortho intramolecular Hbond substituents is 1. The lowest BCUT2D eigenvalue weighted by Crippen LogP contribution is -2.12. The zero-order chi connectivity index (χ0) is 23.7. The molecule has 0 spiro atoms. The van der Waals surface area contributed by atoms with E-state index in [9.17, 15) is 20.0 Å². The molecule has 2 N–H and O–H groups in total. The molecule has 0 saturated carbocycles. The molecule has 3 aromatic rings. The van der Waals surface area contributed by atoms with Crippen molar-refractivity contribution in [3.63, 3.8) is 0 Å². The molecule has 0 bridgehead atoms. The Bertz CT molecular complexity index is 1060. The number of nitro benzene ring substituents is 1. The monoisotopic (exact) mass is 466 g/mol.